The van der Waals surface area contributed by atoms with Gasteiger partial charge in [0.25, 0.3) is 11.8 Å². The number of carbonyl (C=O) groups excluding carboxylic acids is 3. The van der Waals surface area contributed by atoms with E-state index in [0.29, 0.717) is 23.4 Å². The number of benzene rings is 2. The molecule has 4 amide bonds. The van der Waals surface area contributed by atoms with E-state index in [1.54, 1.807) is 30.3 Å². The van der Waals surface area contributed by atoms with Crippen molar-refractivity contribution in [3.63, 3.8) is 0 Å². The number of hydrogen-bond acceptors (Lipinski definition) is 5. The highest BCUT2D eigenvalue weighted by molar-refractivity contribution is 6.08. The lowest BCUT2D eigenvalue weighted by Gasteiger charge is -2.31. The van der Waals surface area contributed by atoms with E-state index in [0.717, 1.165) is 22.3 Å². The molecular weight excluding hydrogens is 446 g/mol. The molecule has 1 unspecified atom stereocenters. The minimum absolute atomic E-state index is 0.000739. The molecule has 9 nitrogen and oxygen atoms in total. The number of amides is 4. The molecule has 35 heavy (non-hydrogen) atoms. The van der Waals surface area contributed by atoms with Gasteiger partial charge in [0.2, 0.25) is 0 Å². The van der Waals surface area contributed by atoms with E-state index in [9.17, 15) is 14.4 Å². The number of fused-ring (bicyclic) bond motifs is 2. The first kappa shape index (κ1) is 20.9. The normalized spacial score (nSPS) is 19.1. The first-order valence-corrected chi connectivity index (χ1v) is 11.1. The lowest BCUT2D eigenvalue weighted by atomic mass is 9.88. The van der Waals surface area contributed by atoms with Crippen molar-refractivity contribution < 1.29 is 19.1 Å². The molecule has 1 fully saturated rings. The summed E-state index contributed by atoms with van der Waals surface area (Å²) in [5.41, 5.74) is 3.36. The van der Waals surface area contributed by atoms with Gasteiger partial charge in [-0.15, -0.1) is 0 Å². The van der Waals surface area contributed by atoms with Crippen LogP contribution in [0, 0.1) is 0 Å². The minimum Gasteiger partial charge on any atom is -0.497 e. The van der Waals surface area contributed by atoms with Crippen LogP contribution in [0.15, 0.2) is 73.2 Å². The summed E-state index contributed by atoms with van der Waals surface area (Å²) in [5.74, 6) is -0.112. The number of methoxy groups -OCH3 is 1. The molecule has 174 valence electrons. The van der Waals surface area contributed by atoms with Crippen molar-refractivity contribution >= 4 is 23.5 Å². The molecule has 6 rings (SSSR count). The van der Waals surface area contributed by atoms with Crippen LogP contribution in [0.2, 0.25) is 0 Å². The fraction of sp³-hybridized carbons (Fsp3) is 0.154. The number of nitrogens with one attached hydrogen (secondary N) is 2. The van der Waals surface area contributed by atoms with Crippen molar-refractivity contribution in [3.8, 4) is 16.9 Å². The van der Waals surface area contributed by atoms with Crippen molar-refractivity contribution in [2.75, 3.05) is 13.7 Å². The Bertz CT molecular complexity index is 1510. The van der Waals surface area contributed by atoms with Crippen LogP contribution in [0.25, 0.3) is 16.8 Å². The Hall–Kier alpha value is -4.66. The van der Waals surface area contributed by atoms with Crippen LogP contribution in [-0.4, -0.2) is 45.8 Å². The SMILES string of the molecule is COc1ccc2c(c1)C(=O)N(CC1(c3ccc(-c4ccc5nccn5c4)cc3)NC(=O)NC1=O)C2. The highest BCUT2D eigenvalue weighted by Gasteiger charge is 2.50. The van der Waals surface area contributed by atoms with E-state index in [-0.39, 0.29) is 12.5 Å². The Morgan fingerprint density at radius 3 is 2.57 bits per heavy atom. The molecule has 0 saturated carbocycles. The van der Waals surface area contributed by atoms with E-state index in [1.807, 2.05) is 59.3 Å². The number of aromatic nitrogens is 2. The number of nitrogens with zero attached hydrogens (tertiary/aromatic N) is 3. The number of pyridine rings is 1. The molecule has 1 saturated heterocycles. The number of urea groups is 1. The Morgan fingerprint density at radius 1 is 1.03 bits per heavy atom. The van der Waals surface area contributed by atoms with Gasteiger partial charge in [-0.3, -0.25) is 14.9 Å². The zero-order valence-electron chi connectivity index (χ0n) is 18.8. The fourth-order valence-electron chi connectivity index (χ4n) is 4.82. The third-order valence-electron chi connectivity index (χ3n) is 6.67. The molecule has 9 heteroatoms. The third kappa shape index (κ3) is 3.31. The van der Waals surface area contributed by atoms with Crippen LogP contribution < -0.4 is 15.4 Å². The molecule has 2 aliphatic rings. The van der Waals surface area contributed by atoms with E-state index >= 15 is 0 Å². The second-order valence-corrected chi connectivity index (χ2v) is 8.69. The molecular formula is C26H21N5O4. The van der Waals surface area contributed by atoms with Crippen LogP contribution in [-0.2, 0) is 16.9 Å². The quantitative estimate of drug-likeness (QED) is 0.439. The number of hydrogen-bond donors (Lipinski definition) is 2. The number of carbonyl (C=O) groups is 3. The molecule has 0 bridgehead atoms. The molecule has 0 radical (unpaired) electrons. The topological polar surface area (TPSA) is 105 Å². The van der Waals surface area contributed by atoms with Gasteiger partial charge in [-0.25, -0.2) is 9.78 Å². The zero-order valence-corrected chi connectivity index (χ0v) is 18.8. The summed E-state index contributed by atoms with van der Waals surface area (Å²) < 4.78 is 7.18. The predicted molar refractivity (Wildman–Crippen MR) is 127 cm³/mol. The van der Waals surface area contributed by atoms with Gasteiger partial charge in [-0.1, -0.05) is 30.3 Å². The van der Waals surface area contributed by atoms with Gasteiger partial charge in [0.15, 0.2) is 5.54 Å². The Labute approximate surface area is 200 Å². The lowest BCUT2D eigenvalue weighted by molar-refractivity contribution is -0.124. The number of imidazole rings is 1. The minimum atomic E-state index is -1.40. The summed E-state index contributed by atoms with van der Waals surface area (Å²) in [6.07, 6.45) is 5.59. The van der Waals surface area contributed by atoms with Gasteiger partial charge in [0.05, 0.1) is 13.7 Å². The van der Waals surface area contributed by atoms with Crippen LogP contribution >= 0.6 is 0 Å². The first-order chi connectivity index (χ1) is 17.0. The lowest BCUT2D eigenvalue weighted by Crippen LogP contribution is -2.52. The van der Waals surface area contributed by atoms with E-state index < -0.39 is 17.5 Å². The second-order valence-electron chi connectivity index (χ2n) is 8.69. The van der Waals surface area contributed by atoms with Gasteiger partial charge in [-0.2, -0.15) is 0 Å². The molecule has 1 atom stereocenters. The Morgan fingerprint density at radius 2 is 1.83 bits per heavy atom. The van der Waals surface area contributed by atoms with Crippen molar-refractivity contribution in [1.29, 1.82) is 0 Å². The maximum atomic E-state index is 13.2. The van der Waals surface area contributed by atoms with Gasteiger partial charge in [0, 0.05) is 30.7 Å². The molecule has 2 N–H and O–H groups in total. The monoisotopic (exact) mass is 467 g/mol. The Balaban J connectivity index is 1.33. The largest absolute Gasteiger partial charge is 0.497 e. The summed E-state index contributed by atoms with van der Waals surface area (Å²) in [6.45, 7) is 0.340. The van der Waals surface area contributed by atoms with Crippen molar-refractivity contribution in [2.45, 2.75) is 12.1 Å². The average molecular weight is 467 g/mol. The Kier molecular flexibility index (Phi) is 4.60. The fourth-order valence-corrected chi connectivity index (χ4v) is 4.82. The van der Waals surface area contributed by atoms with Gasteiger partial charge < -0.3 is 19.4 Å². The van der Waals surface area contributed by atoms with Crippen LogP contribution in [0.1, 0.15) is 21.5 Å². The van der Waals surface area contributed by atoms with Crippen LogP contribution in [0.5, 0.6) is 5.75 Å². The van der Waals surface area contributed by atoms with E-state index in [2.05, 4.69) is 15.6 Å². The maximum absolute atomic E-state index is 13.2. The van der Waals surface area contributed by atoms with Crippen LogP contribution in [0.3, 0.4) is 0 Å². The molecule has 2 aromatic heterocycles. The summed E-state index contributed by atoms with van der Waals surface area (Å²) in [5, 5.41) is 5.12. The molecule has 4 heterocycles. The molecule has 0 aliphatic carbocycles. The van der Waals surface area contributed by atoms with E-state index in [1.165, 1.54) is 0 Å². The van der Waals surface area contributed by atoms with Crippen LogP contribution in [0.4, 0.5) is 4.79 Å². The summed E-state index contributed by atoms with van der Waals surface area (Å²) in [7, 11) is 1.55. The summed E-state index contributed by atoms with van der Waals surface area (Å²) in [4.78, 5) is 44.3. The smallest absolute Gasteiger partial charge is 0.322 e. The second kappa shape index (κ2) is 7.69. The highest BCUT2D eigenvalue weighted by Crippen LogP contribution is 2.33. The van der Waals surface area contributed by atoms with Gasteiger partial charge in [-0.05, 0) is 46.5 Å². The summed E-state index contributed by atoms with van der Waals surface area (Å²) in [6, 6.07) is 16.1. The zero-order chi connectivity index (χ0) is 24.2. The summed E-state index contributed by atoms with van der Waals surface area (Å²) >= 11 is 0. The first-order valence-electron chi connectivity index (χ1n) is 11.1. The standard InChI is InChI=1S/C26H21N5O4/c1-35-20-8-4-18-14-31(23(32)21(18)12-20)15-26(24(33)28-25(34)29-26)19-6-2-16(3-7-19)17-5-9-22-27-10-11-30(22)13-17/h2-13H,14-15H2,1H3,(H2,28,29,33,34). The molecule has 2 aliphatic heterocycles. The van der Waals surface area contributed by atoms with Gasteiger partial charge >= 0.3 is 6.03 Å². The third-order valence-corrected chi connectivity index (χ3v) is 6.67. The van der Waals surface area contributed by atoms with E-state index in [4.69, 9.17) is 4.74 Å². The maximum Gasteiger partial charge on any atom is 0.322 e. The molecule has 2 aromatic carbocycles. The number of imide groups is 1. The number of rotatable bonds is 5. The molecule has 4 aromatic rings. The number of ether oxygens (including phenoxy) is 1. The molecule has 0 spiro atoms. The van der Waals surface area contributed by atoms with Gasteiger partial charge in [0.1, 0.15) is 11.4 Å². The van der Waals surface area contributed by atoms with Crippen molar-refractivity contribution in [1.82, 2.24) is 24.9 Å². The average Bonchev–Trinajstić information content (AvgIpc) is 3.55. The van der Waals surface area contributed by atoms with Crippen molar-refractivity contribution in [2.24, 2.45) is 0 Å². The highest BCUT2D eigenvalue weighted by atomic mass is 16.5. The predicted octanol–water partition coefficient (Wildman–Crippen LogP) is 2.70. The van der Waals surface area contributed by atoms with Crippen molar-refractivity contribution in [3.05, 3.63) is 89.9 Å².